The van der Waals surface area contributed by atoms with Crippen molar-refractivity contribution in [2.75, 3.05) is 27.7 Å². The Kier molecular flexibility index (Phi) is 60.3. The number of Topliss-reactive ketones (excluding diaryl/α,β-unsaturated/α-hetero) is 1. The van der Waals surface area contributed by atoms with Crippen molar-refractivity contribution in [1.82, 2.24) is 20.7 Å². The first kappa shape index (κ1) is 111. The highest BCUT2D eigenvalue weighted by Crippen LogP contribution is 2.20. The highest BCUT2D eigenvalue weighted by atomic mass is 35.5. The Hall–Kier alpha value is -13.2. The summed E-state index contributed by atoms with van der Waals surface area (Å²) < 4.78 is 29.5. The maximum atomic E-state index is 11.5. The lowest BCUT2D eigenvalue weighted by molar-refractivity contribution is -0.184. The van der Waals surface area contributed by atoms with E-state index in [1.807, 2.05) is 91.9 Å². The summed E-state index contributed by atoms with van der Waals surface area (Å²) in [5.41, 5.74) is 61.2. The summed E-state index contributed by atoms with van der Waals surface area (Å²) in [6, 6.07) is 59.8. The van der Waals surface area contributed by atoms with Crippen molar-refractivity contribution in [2.45, 2.75) is 155 Å². The summed E-state index contributed by atoms with van der Waals surface area (Å²) in [6.45, 7) is 12.6. The van der Waals surface area contributed by atoms with Crippen LogP contribution in [0.1, 0.15) is 118 Å². The van der Waals surface area contributed by atoms with Gasteiger partial charge >= 0.3 is 5.97 Å². The molecule has 4 unspecified atom stereocenters. The van der Waals surface area contributed by atoms with Gasteiger partial charge in [0.25, 0.3) is 15.9 Å². The smallest absolute Gasteiger partial charge is 0.308 e. The number of carbonyl (C=O) groups is 6. The van der Waals surface area contributed by atoms with Gasteiger partial charge in [0.15, 0.2) is 0 Å². The lowest BCUT2D eigenvalue weighted by atomic mass is 10.2. The number of amides is 4. The van der Waals surface area contributed by atoms with Gasteiger partial charge in [0.1, 0.15) is 25.6 Å². The number of nitrogens with one attached hydrogen (secondary N) is 1. The number of aryl methyl sites for hydroxylation is 1. The molecule has 0 saturated carbocycles. The molecular formula is C81H100Cl2N22O18S. The molecular weight excluding hydrogens is 1670 g/mol. The molecule has 40 nitrogen and oxygen atoms in total. The number of azide groups is 6. The van der Waals surface area contributed by atoms with Crippen LogP contribution in [0.3, 0.4) is 0 Å². The van der Waals surface area contributed by atoms with Crippen LogP contribution in [0.4, 0.5) is 28.4 Å². The van der Waals surface area contributed by atoms with Crippen molar-refractivity contribution in [3.05, 3.63) is 313 Å². The second kappa shape index (κ2) is 67.5. The number of hydrogen-bond donors (Lipinski definition) is 6. The number of hydrogen-bond acceptors (Lipinski definition) is 23. The lowest BCUT2D eigenvalue weighted by Crippen LogP contribution is -2.29. The average Bonchev–Trinajstić information content (AvgIpc) is 0.850. The standard InChI is InChI=1S/C12H16N4O3.C12H14N4O3.C12H17NO3.C11H15NO3.2C7H6ClN3.C7H7N3O2S.C7H7N3O.C6H12O3/c2*1-9(17)7-12(18)16(2)19-8-10-3-5-11(6-4-10)14-15-13;1-10(14)8-12(15)13(2)16-9-11-6-4-3-5-7-11;1-9(13)7-11(14)12-15-8-10-5-3-2-4-6-10;2*8-5-6-1-3-7(4-2-6)10-11-9;1-6-2-4-7(5-3-6)13(11,12)10-9-8;8-10-9-7-3-1-6(5-11)2-4-7;1-3-9-6(8)4-5(2)7/h3-6,9,17H,7-8H2,1-2H3;3-6H,7-8H2,1-2H3;3-7,10,14H,8-9H2,1-2H3;2-6,9,13H,7-8H2,1H3,(H,12,14);2*1-4H,5H2;2-5H,1H3;1-4,11H,5H2;5,7H,3-4H2,1-2H3. The van der Waals surface area contributed by atoms with E-state index in [1.165, 1.54) is 38.2 Å². The van der Waals surface area contributed by atoms with E-state index in [4.69, 9.17) is 101 Å². The number of alkyl halides is 2. The predicted molar refractivity (Wildman–Crippen MR) is 464 cm³/mol. The first-order valence-electron chi connectivity index (χ1n) is 37.0. The molecule has 0 aromatic heterocycles. The Morgan fingerprint density at radius 3 is 1.02 bits per heavy atom. The molecule has 0 aliphatic rings. The van der Waals surface area contributed by atoms with Gasteiger partial charge in [-0.2, -0.15) is 0 Å². The fourth-order valence-electron chi connectivity index (χ4n) is 8.29. The van der Waals surface area contributed by atoms with Gasteiger partial charge in [0, 0.05) is 95.3 Å². The van der Waals surface area contributed by atoms with Crippen molar-refractivity contribution in [3.63, 3.8) is 0 Å². The number of halogens is 2. The number of benzene rings is 8. The molecule has 8 aromatic rings. The average molecular weight is 1770 g/mol. The van der Waals surface area contributed by atoms with Crippen LogP contribution in [0.2, 0.25) is 0 Å². The Balaban J connectivity index is 0.00000139. The summed E-state index contributed by atoms with van der Waals surface area (Å²) in [6.07, 6.45) is -2.52. The Morgan fingerprint density at radius 1 is 0.427 bits per heavy atom. The summed E-state index contributed by atoms with van der Waals surface area (Å²) in [4.78, 5) is 103. The zero-order valence-electron chi connectivity index (χ0n) is 69.7. The van der Waals surface area contributed by atoms with Crippen molar-refractivity contribution in [2.24, 2.45) is 30.1 Å². The molecule has 124 heavy (non-hydrogen) atoms. The number of ketones is 1. The monoisotopic (exact) mass is 1770 g/mol. The highest BCUT2D eigenvalue weighted by Gasteiger charge is 2.16. The number of carbonyl (C=O) groups excluding carboxylic acids is 6. The zero-order chi connectivity index (χ0) is 93.1. The van der Waals surface area contributed by atoms with Crippen LogP contribution >= 0.6 is 23.2 Å². The number of esters is 1. The topological polar surface area (TPSA) is 598 Å². The van der Waals surface area contributed by atoms with Crippen LogP contribution in [0, 0.1) is 6.92 Å². The zero-order valence-corrected chi connectivity index (χ0v) is 72.1. The second-order valence-corrected chi connectivity index (χ2v) is 27.5. The first-order chi connectivity index (χ1) is 59.1. The molecule has 8 aromatic carbocycles. The molecule has 8 rings (SSSR count). The van der Waals surface area contributed by atoms with Crippen molar-refractivity contribution >= 4 is 97.0 Å². The number of hydroxylamine groups is 7. The summed E-state index contributed by atoms with van der Waals surface area (Å²) in [5.74, 6) is -0.815. The summed E-state index contributed by atoms with van der Waals surface area (Å²) in [7, 11) is 0.688. The van der Waals surface area contributed by atoms with Gasteiger partial charge in [-0.15, -0.1) is 23.2 Å². The van der Waals surface area contributed by atoms with Crippen LogP contribution in [-0.2, 0) is 108 Å². The van der Waals surface area contributed by atoms with E-state index < -0.39 is 40.3 Å². The molecule has 6 N–H and O–H groups in total. The molecule has 43 heteroatoms. The fraction of sp³-hybridized carbons (Fsp3) is 0.333. The minimum atomic E-state index is -3.82. The van der Waals surface area contributed by atoms with Gasteiger partial charge in [-0.05, 0) is 133 Å². The van der Waals surface area contributed by atoms with Crippen LogP contribution in [-0.4, -0.2) is 137 Å². The molecule has 0 aliphatic carbocycles. The molecule has 0 aliphatic heterocycles. The molecule has 4 amide bonds. The fourth-order valence-corrected chi connectivity index (χ4v) is 9.32. The molecule has 0 fully saturated rings. The molecule has 0 spiro atoms. The van der Waals surface area contributed by atoms with Gasteiger partial charge < -0.3 is 30.3 Å². The minimum Gasteiger partial charge on any atom is -0.466 e. The number of nitrogens with zero attached hydrogens (tertiary/aromatic N) is 21. The molecule has 0 heterocycles. The van der Waals surface area contributed by atoms with E-state index >= 15 is 0 Å². The lowest BCUT2D eigenvalue weighted by Gasteiger charge is -2.17. The van der Waals surface area contributed by atoms with Crippen LogP contribution < -0.4 is 5.48 Å². The van der Waals surface area contributed by atoms with Crippen LogP contribution in [0.25, 0.3) is 62.7 Å². The third-order valence-corrected chi connectivity index (χ3v) is 16.2. The Bertz CT molecular complexity index is 4720. The van der Waals surface area contributed by atoms with Gasteiger partial charge in [-0.3, -0.25) is 48.1 Å². The van der Waals surface area contributed by atoms with Crippen molar-refractivity contribution in [1.29, 1.82) is 0 Å². The van der Waals surface area contributed by atoms with E-state index in [-0.39, 0.29) is 86.3 Å². The molecule has 0 bridgehead atoms. The van der Waals surface area contributed by atoms with Gasteiger partial charge in [0.05, 0.1) is 81.2 Å². The molecule has 0 radical (unpaired) electrons. The normalized spacial score (nSPS) is 10.7. The number of aliphatic hydroxyl groups is 5. The number of sulfonamides is 1. The maximum absolute atomic E-state index is 11.5. The van der Waals surface area contributed by atoms with E-state index in [0.29, 0.717) is 60.0 Å². The number of ether oxygens (including phenoxy) is 1. The molecule has 662 valence electrons. The Morgan fingerprint density at radius 2 is 0.734 bits per heavy atom. The highest BCUT2D eigenvalue weighted by molar-refractivity contribution is 7.90. The number of rotatable bonds is 33. The number of aliphatic hydroxyl groups excluding tert-OH is 5. The Labute approximate surface area is 726 Å². The quantitative estimate of drug-likeness (QED) is 0.00423. The summed E-state index contributed by atoms with van der Waals surface area (Å²) >= 11 is 11.1. The second-order valence-electron chi connectivity index (χ2n) is 25.3. The minimum absolute atomic E-state index is 0.0101. The third-order valence-electron chi connectivity index (χ3n) is 14.5. The summed E-state index contributed by atoms with van der Waals surface area (Å²) in [5, 5.41) is 64.8. The van der Waals surface area contributed by atoms with Gasteiger partial charge in [-0.1, -0.05) is 225 Å². The van der Waals surface area contributed by atoms with Crippen LogP contribution in [0.5, 0.6) is 0 Å². The van der Waals surface area contributed by atoms with Crippen LogP contribution in [0.15, 0.2) is 241 Å². The van der Waals surface area contributed by atoms with Gasteiger partial charge in [0.2, 0.25) is 17.7 Å². The maximum Gasteiger partial charge on any atom is 0.308 e. The van der Waals surface area contributed by atoms with E-state index in [1.54, 1.807) is 151 Å². The largest absolute Gasteiger partial charge is 0.466 e. The van der Waals surface area contributed by atoms with E-state index in [0.717, 1.165) is 54.6 Å². The SMILES string of the molecule is CC(=O)CC(=O)N(C)OCc1ccc(N=[N+]=[N-])cc1.CC(O)CC(=O)N(C)OCc1ccc(N=[N+]=[N-])cc1.CC(O)CC(=O)N(C)OCc1ccccc1.CC(O)CC(=O)NOCc1ccccc1.CCOC(=O)CC(C)O.Cc1ccc(S(=O)(=O)N=[N+]=[N-])cc1.[N-]=[N+]=Nc1ccc(CCl)cc1.[N-]=[N+]=Nc1ccc(CCl)cc1.[N-]=[N+]=Nc1ccc(CO)cc1. The van der Waals surface area contributed by atoms with E-state index in [2.05, 4.69) is 69.8 Å². The first-order valence-corrected chi connectivity index (χ1v) is 39.5. The van der Waals surface area contributed by atoms with Crippen molar-refractivity contribution < 1.29 is 86.8 Å². The van der Waals surface area contributed by atoms with Gasteiger partial charge in [-0.25, -0.2) is 29.1 Å². The molecule has 0 saturated heterocycles. The third kappa shape index (κ3) is 56.4. The van der Waals surface area contributed by atoms with Crippen molar-refractivity contribution in [3.8, 4) is 0 Å². The molecule has 4 atom stereocenters. The van der Waals surface area contributed by atoms with E-state index in [9.17, 15) is 37.2 Å². The predicted octanol–water partition coefficient (Wildman–Crippen LogP) is 18.3.